The first-order valence-electron chi connectivity index (χ1n) is 10.6. The Hall–Kier alpha value is -2.68. The van der Waals surface area contributed by atoms with Gasteiger partial charge < -0.3 is 19.9 Å². The standard InChI is InChI=1S/C23H26ClFN4O3/c1-31-21-12-20-17(11-22(21)32-9-3-8-29-7-2-4-16(29)13-30)23(27-14-26-20)28-15-5-6-19(25)18(24)10-15/h5-6,10-12,14,16,30H,2-4,7-9,13H2,1H3,(H,26,27,28)/t16-/m0/s1. The molecule has 1 fully saturated rings. The van der Waals surface area contributed by atoms with Gasteiger partial charge in [0.1, 0.15) is 18.0 Å². The van der Waals surface area contributed by atoms with Crippen molar-refractivity contribution in [3.63, 3.8) is 0 Å². The van der Waals surface area contributed by atoms with Gasteiger partial charge >= 0.3 is 0 Å². The molecule has 7 nitrogen and oxygen atoms in total. The summed E-state index contributed by atoms with van der Waals surface area (Å²) in [4.78, 5) is 11.0. The van der Waals surface area contributed by atoms with Gasteiger partial charge in [-0.1, -0.05) is 11.6 Å². The zero-order chi connectivity index (χ0) is 22.5. The summed E-state index contributed by atoms with van der Waals surface area (Å²) >= 11 is 5.90. The first kappa shape index (κ1) is 22.5. The van der Waals surface area contributed by atoms with Crippen LogP contribution in [0.3, 0.4) is 0 Å². The number of nitrogens with one attached hydrogen (secondary N) is 1. The molecule has 0 radical (unpaired) electrons. The van der Waals surface area contributed by atoms with Gasteiger partial charge in [0.25, 0.3) is 0 Å². The fourth-order valence-corrected chi connectivity index (χ4v) is 4.17. The molecule has 0 saturated carbocycles. The average Bonchev–Trinajstić information content (AvgIpc) is 3.26. The Morgan fingerprint density at radius 1 is 1.25 bits per heavy atom. The van der Waals surface area contributed by atoms with Crippen LogP contribution in [0.4, 0.5) is 15.9 Å². The van der Waals surface area contributed by atoms with E-state index in [1.807, 2.05) is 6.07 Å². The van der Waals surface area contributed by atoms with Crippen LogP contribution in [0.1, 0.15) is 19.3 Å². The molecule has 0 spiro atoms. The van der Waals surface area contributed by atoms with Gasteiger partial charge in [-0.25, -0.2) is 14.4 Å². The number of halogens is 2. The Labute approximate surface area is 191 Å². The Balaban J connectivity index is 1.50. The molecule has 32 heavy (non-hydrogen) atoms. The molecular weight excluding hydrogens is 435 g/mol. The predicted octanol–water partition coefficient (Wildman–Crippen LogP) is 4.40. The highest BCUT2D eigenvalue weighted by Crippen LogP contribution is 2.35. The van der Waals surface area contributed by atoms with E-state index in [0.29, 0.717) is 35.1 Å². The van der Waals surface area contributed by atoms with Crippen molar-refractivity contribution in [2.24, 2.45) is 0 Å². The lowest BCUT2D eigenvalue weighted by atomic mass is 10.2. The number of aromatic nitrogens is 2. The maximum Gasteiger partial charge on any atom is 0.162 e. The first-order chi connectivity index (χ1) is 15.6. The number of likely N-dealkylation sites (tertiary alicyclic amines) is 1. The van der Waals surface area contributed by atoms with E-state index in [9.17, 15) is 9.50 Å². The molecule has 0 bridgehead atoms. The van der Waals surface area contributed by atoms with Crippen molar-refractivity contribution in [3.8, 4) is 11.5 Å². The van der Waals surface area contributed by atoms with E-state index in [2.05, 4.69) is 20.2 Å². The van der Waals surface area contributed by atoms with E-state index < -0.39 is 5.82 Å². The summed E-state index contributed by atoms with van der Waals surface area (Å²) in [5, 5.41) is 13.4. The molecule has 0 amide bonds. The van der Waals surface area contributed by atoms with Gasteiger partial charge in [0, 0.05) is 29.7 Å². The number of hydrogen-bond acceptors (Lipinski definition) is 7. The van der Waals surface area contributed by atoms with Gasteiger partial charge in [0.05, 0.1) is 30.9 Å². The van der Waals surface area contributed by atoms with Crippen LogP contribution in [0, 0.1) is 5.82 Å². The fourth-order valence-electron chi connectivity index (χ4n) is 3.99. The number of hydrogen-bond donors (Lipinski definition) is 2. The third kappa shape index (κ3) is 5.03. The van der Waals surface area contributed by atoms with Crippen LogP contribution in [0.2, 0.25) is 5.02 Å². The van der Waals surface area contributed by atoms with Gasteiger partial charge in [-0.3, -0.25) is 4.90 Å². The maximum atomic E-state index is 13.5. The summed E-state index contributed by atoms with van der Waals surface area (Å²) in [7, 11) is 1.59. The number of aliphatic hydroxyl groups is 1. The highest BCUT2D eigenvalue weighted by Gasteiger charge is 2.23. The molecule has 1 atom stereocenters. The molecule has 0 unspecified atom stereocenters. The predicted molar refractivity (Wildman–Crippen MR) is 123 cm³/mol. The Kier molecular flexibility index (Phi) is 7.24. The molecular formula is C23H26ClFN4O3. The highest BCUT2D eigenvalue weighted by molar-refractivity contribution is 6.31. The molecule has 2 N–H and O–H groups in total. The Morgan fingerprint density at radius 2 is 2.12 bits per heavy atom. The second-order valence-corrected chi connectivity index (χ2v) is 8.12. The fraction of sp³-hybridized carbons (Fsp3) is 0.391. The number of anilines is 2. The summed E-state index contributed by atoms with van der Waals surface area (Å²) < 4.78 is 25.0. The SMILES string of the molecule is COc1cc2ncnc(Nc3ccc(F)c(Cl)c3)c2cc1OCCCN1CCC[C@H]1CO. The van der Waals surface area contributed by atoms with E-state index in [-0.39, 0.29) is 17.7 Å². The molecule has 9 heteroatoms. The Bertz CT molecular complexity index is 1080. The minimum Gasteiger partial charge on any atom is -0.493 e. The molecule has 3 aromatic rings. The molecule has 1 aliphatic rings. The summed E-state index contributed by atoms with van der Waals surface area (Å²) in [6.07, 6.45) is 4.45. The maximum absolute atomic E-state index is 13.5. The van der Waals surface area contributed by atoms with Crippen LogP contribution < -0.4 is 14.8 Å². The normalized spacial score (nSPS) is 16.4. The van der Waals surface area contributed by atoms with Crippen LogP contribution in [-0.2, 0) is 0 Å². The number of benzene rings is 2. The molecule has 1 saturated heterocycles. The van der Waals surface area contributed by atoms with Crippen molar-refractivity contribution in [2.75, 3.05) is 38.7 Å². The summed E-state index contributed by atoms with van der Waals surface area (Å²) in [6.45, 7) is 2.61. The van der Waals surface area contributed by atoms with E-state index in [1.165, 1.54) is 18.5 Å². The molecule has 170 valence electrons. The highest BCUT2D eigenvalue weighted by atomic mass is 35.5. The zero-order valence-electron chi connectivity index (χ0n) is 17.9. The third-order valence-corrected chi connectivity index (χ3v) is 5.95. The summed E-state index contributed by atoms with van der Waals surface area (Å²) in [6, 6.07) is 8.30. The molecule has 1 aromatic heterocycles. The van der Waals surface area contributed by atoms with Crippen molar-refractivity contribution >= 4 is 34.0 Å². The molecule has 1 aliphatic heterocycles. The smallest absolute Gasteiger partial charge is 0.162 e. The van der Waals surface area contributed by atoms with Crippen LogP contribution in [0.25, 0.3) is 10.9 Å². The zero-order valence-corrected chi connectivity index (χ0v) is 18.6. The van der Waals surface area contributed by atoms with Crippen molar-refractivity contribution in [1.29, 1.82) is 0 Å². The van der Waals surface area contributed by atoms with Gasteiger partial charge in [-0.2, -0.15) is 0 Å². The van der Waals surface area contributed by atoms with E-state index in [4.69, 9.17) is 21.1 Å². The number of nitrogens with zero attached hydrogens (tertiary/aromatic N) is 3. The monoisotopic (exact) mass is 460 g/mol. The summed E-state index contributed by atoms with van der Waals surface area (Å²) in [5.41, 5.74) is 1.29. The van der Waals surface area contributed by atoms with E-state index in [1.54, 1.807) is 19.2 Å². The largest absolute Gasteiger partial charge is 0.493 e. The average molecular weight is 461 g/mol. The van der Waals surface area contributed by atoms with Crippen molar-refractivity contribution in [3.05, 3.63) is 47.5 Å². The van der Waals surface area contributed by atoms with Gasteiger partial charge in [-0.05, 0) is 50.1 Å². The van der Waals surface area contributed by atoms with Crippen molar-refractivity contribution < 1.29 is 19.0 Å². The van der Waals surface area contributed by atoms with Crippen LogP contribution in [0.15, 0.2) is 36.7 Å². The van der Waals surface area contributed by atoms with Crippen LogP contribution >= 0.6 is 11.6 Å². The van der Waals surface area contributed by atoms with Crippen LogP contribution in [-0.4, -0.2) is 59.4 Å². The second kappa shape index (κ2) is 10.3. The number of rotatable bonds is 9. The van der Waals surface area contributed by atoms with Gasteiger partial charge in [-0.15, -0.1) is 0 Å². The number of ether oxygens (including phenoxy) is 2. The lowest BCUT2D eigenvalue weighted by Crippen LogP contribution is -2.33. The number of fused-ring (bicyclic) bond motifs is 1. The molecule has 2 aromatic carbocycles. The Morgan fingerprint density at radius 3 is 2.91 bits per heavy atom. The minimum atomic E-state index is -0.482. The van der Waals surface area contributed by atoms with Gasteiger partial charge in [0.15, 0.2) is 11.5 Å². The third-order valence-electron chi connectivity index (χ3n) is 5.66. The molecule has 0 aliphatic carbocycles. The second-order valence-electron chi connectivity index (χ2n) is 7.71. The van der Waals surface area contributed by atoms with E-state index in [0.717, 1.165) is 37.7 Å². The first-order valence-corrected chi connectivity index (χ1v) is 11.0. The van der Waals surface area contributed by atoms with Crippen molar-refractivity contribution in [2.45, 2.75) is 25.3 Å². The van der Waals surface area contributed by atoms with E-state index >= 15 is 0 Å². The van der Waals surface area contributed by atoms with Gasteiger partial charge in [0.2, 0.25) is 0 Å². The molecule has 2 heterocycles. The molecule has 4 rings (SSSR count). The summed E-state index contributed by atoms with van der Waals surface area (Å²) in [5.74, 6) is 1.24. The minimum absolute atomic E-state index is 0.0282. The lowest BCUT2D eigenvalue weighted by molar-refractivity contribution is 0.150. The number of methoxy groups -OCH3 is 1. The van der Waals surface area contributed by atoms with Crippen molar-refractivity contribution in [1.82, 2.24) is 14.9 Å². The lowest BCUT2D eigenvalue weighted by Gasteiger charge is -2.22. The quantitative estimate of drug-likeness (QED) is 0.458. The van der Waals surface area contributed by atoms with Crippen LogP contribution in [0.5, 0.6) is 11.5 Å². The number of aliphatic hydroxyl groups excluding tert-OH is 1. The topological polar surface area (TPSA) is 79.7 Å².